The summed E-state index contributed by atoms with van der Waals surface area (Å²) >= 11 is 0. The number of nitrogens with zero attached hydrogens (tertiary/aromatic N) is 2. The lowest BCUT2D eigenvalue weighted by Crippen LogP contribution is -2.28. The lowest BCUT2D eigenvalue weighted by molar-refractivity contribution is -0.0306. The molecule has 2 rings (SSSR count). The summed E-state index contributed by atoms with van der Waals surface area (Å²) in [6.07, 6.45) is 1.43. The van der Waals surface area contributed by atoms with Crippen molar-refractivity contribution in [1.29, 1.82) is 0 Å². The molecule has 0 atom stereocenters. The van der Waals surface area contributed by atoms with Gasteiger partial charge in [-0.1, -0.05) is 25.1 Å². The van der Waals surface area contributed by atoms with Crippen molar-refractivity contribution in [3.8, 4) is 11.5 Å². The molecule has 112 valence electrons. The van der Waals surface area contributed by atoms with Crippen molar-refractivity contribution >= 4 is 5.97 Å². The molecule has 0 saturated carbocycles. The van der Waals surface area contributed by atoms with Crippen molar-refractivity contribution in [3.05, 3.63) is 35.7 Å². The van der Waals surface area contributed by atoms with Crippen molar-refractivity contribution in [2.75, 3.05) is 7.11 Å². The highest BCUT2D eigenvalue weighted by molar-refractivity contribution is 5.88. The molecule has 0 bridgehead atoms. The number of hydrogen-bond acceptors (Lipinski definition) is 5. The summed E-state index contributed by atoms with van der Waals surface area (Å²) in [4.78, 5) is 15.4. The fraction of sp³-hybridized carbons (Fsp3) is 0.400. The highest BCUT2D eigenvalue weighted by Gasteiger charge is 2.33. The van der Waals surface area contributed by atoms with Crippen LogP contribution in [0.5, 0.6) is 0 Å². The van der Waals surface area contributed by atoms with Crippen molar-refractivity contribution in [2.24, 2.45) is 0 Å². The maximum absolute atomic E-state index is 11.0. The lowest BCUT2D eigenvalue weighted by Gasteiger charge is -2.25. The Morgan fingerprint density at radius 1 is 1.38 bits per heavy atom. The molecule has 0 aliphatic carbocycles. The topological polar surface area (TPSA) is 85.5 Å². The average Bonchev–Trinajstić information content (AvgIpc) is 3.00. The van der Waals surface area contributed by atoms with Crippen molar-refractivity contribution in [3.63, 3.8) is 0 Å². The molecule has 21 heavy (non-hydrogen) atoms. The Labute approximate surface area is 122 Å². The Bertz CT molecular complexity index is 624. The number of carboxylic acids is 1. The van der Waals surface area contributed by atoms with E-state index in [9.17, 15) is 4.79 Å². The quantitative estimate of drug-likeness (QED) is 0.879. The van der Waals surface area contributed by atoms with E-state index in [2.05, 4.69) is 10.1 Å². The first-order chi connectivity index (χ1) is 10.1. The molecule has 2 aromatic rings. The van der Waals surface area contributed by atoms with E-state index in [0.29, 0.717) is 24.2 Å². The van der Waals surface area contributed by atoms with Crippen LogP contribution in [0.1, 0.15) is 42.9 Å². The Balaban J connectivity index is 2.40. The summed E-state index contributed by atoms with van der Waals surface area (Å²) in [5, 5.41) is 13.0. The second-order valence-electron chi connectivity index (χ2n) is 4.71. The average molecular weight is 290 g/mol. The standard InChI is InChI=1S/C15H18N2O4/c1-4-15(5-2,20-3)14-16-12(21-17-14)10-7-6-8-11(9-10)13(18)19/h6-9H,4-5H2,1-3H3,(H,18,19). The van der Waals surface area contributed by atoms with Gasteiger partial charge in [-0.15, -0.1) is 0 Å². The maximum Gasteiger partial charge on any atom is 0.335 e. The summed E-state index contributed by atoms with van der Waals surface area (Å²) in [6.45, 7) is 3.99. The summed E-state index contributed by atoms with van der Waals surface area (Å²) in [7, 11) is 1.62. The summed E-state index contributed by atoms with van der Waals surface area (Å²) in [6, 6.07) is 6.40. The van der Waals surface area contributed by atoms with Gasteiger partial charge in [-0.2, -0.15) is 4.98 Å². The molecule has 0 amide bonds. The van der Waals surface area contributed by atoms with Gasteiger partial charge in [0.15, 0.2) is 0 Å². The molecule has 1 N–H and O–H groups in total. The monoisotopic (exact) mass is 290 g/mol. The molecule has 1 aromatic carbocycles. The predicted molar refractivity (Wildman–Crippen MR) is 76.0 cm³/mol. The number of methoxy groups -OCH3 is 1. The van der Waals surface area contributed by atoms with E-state index in [1.54, 1.807) is 19.2 Å². The van der Waals surface area contributed by atoms with Gasteiger partial charge in [0.1, 0.15) is 5.60 Å². The lowest BCUT2D eigenvalue weighted by atomic mass is 9.96. The van der Waals surface area contributed by atoms with Crippen molar-refractivity contribution < 1.29 is 19.2 Å². The van der Waals surface area contributed by atoms with Crippen LogP contribution in [-0.4, -0.2) is 28.3 Å². The highest BCUT2D eigenvalue weighted by Crippen LogP contribution is 2.31. The minimum absolute atomic E-state index is 0.177. The number of benzene rings is 1. The highest BCUT2D eigenvalue weighted by atomic mass is 16.5. The summed E-state index contributed by atoms with van der Waals surface area (Å²) in [5.74, 6) is -0.230. The number of ether oxygens (including phenoxy) is 1. The number of hydrogen-bond donors (Lipinski definition) is 1. The molecule has 0 aliphatic rings. The third-order valence-electron chi connectivity index (χ3n) is 3.72. The van der Waals surface area contributed by atoms with Crippen molar-refractivity contribution in [2.45, 2.75) is 32.3 Å². The van der Waals surface area contributed by atoms with E-state index in [-0.39, 0.29) is 11.5 Å². The normalized spacial score (nSPS) is 11.6. The molecule has 0 aliphatic heterocycles. The number of carbonyl (C=O) groups is 1. The molecule has 6 nitrogen and oxygen atoms in total. The fourth-order valence-corrected chi connectivity index (χ4v) is 2.26. The van der Waals surface area contributed by atoms with Gasteiger partial charge in [0.25, 0.3) is 5.89 Å². The second-order valence-corrected chi connectivity index (χ2v) is 4.71. The van der Waals surface area contributed by atoms with Gasteiger partial charge in [0, 0.05) is 12.7 Å². The predicted octanol–water partition coefficient (Wildman–Crippen LogP) is 3.10. The first-order valence-electron chi connectivity index (χ1n) is 6.79. The molecule has 0 saturated heterocycles. The van der Waals surface area contributed by atoms with Crippen LogP contribution in [0.2, 0.25) is 0 Å². The molecule has 1 aromatic heterocycles. The van der Waals surface area contributed by atoms with Crippen LogP contribution in [0.15, 0.2) is 28.8 Å². The van der Waals surface area contributed by atoms with Crippen LogP contribution in [0.25, 0.3) is 11.5 Å². The number of aromatic nitrogens is 2. The molecule has 1 heterocycles. The van der Waals surface area contributed by atoms with Gasteiger partial charge in [0.2, 0.25) is 5.82 Å². The molecular weight excluding hydrogens is 272 g/mol. The van der Waals surface area contributed by atoms with Gasteiger partial charge in [0.05, 0.1) is 5.56 Å². The first-order valence-corrected chi connectivity index (χ1v) is 6.79. The van der Waals surface area contributed by atoms with E-state index >= 15 is 0 Å². The Kier molecular flexibility index (Phi) is 4.37. The van der Waals surface area contributed by atoms with Gasteiger partial charge < -0.3 is 14.4 Å². The number of carboxylic acid groups (broad SMARTS) is 1. The zero-order valence-corrected chi connectivity index (χ0v) is 12.3. The van der Waals surface area contributed by atoms with Gasteiger partial charge in [-0.3, -0.25) is 0 Å². The molecule has 0 fully saturated rings. The zero-order valence-electron chi connectivity index (χ0n) is 12.3. The number of rotatable bonds is 6. The second kappa shape index (κ2) is 6.05. The largest absolute Gasteiger partial charge is 0.478 e. The Hall–Kier alpha value is -2.21. The Morgan fingerprint density at radius 3 is 2.67 bits per heavy atom. The van der Waals surface area contributed by atoms with Crippen LogP contribution in [-0.2, 0) is 10.3 Å². The van der Waals surface area contributed by atoms with Gasteiger partial charge >= 0.3 is 5.97 Å². The summed E-state index contributed by atoms with van der Waals surface area (Å²) < 4.78 is 10.8. The third kappa shape index (κ3) is 2.80. The smallest absolute Gasteiger partial charge is 0.335 e. The molecule has 6 heteroatoms. The van der Waals surface area contributed by atoms with Crippen LogP contribution in [0, 0.1) is 0 Å². The van der Waals surface area contributed by atoms with Crippen LogP contribution < -0.4 is 0 Å². The minimum atomic E-state index is -0.995. The molecular formula is C15H18N2O4. The summed E-state index contributed by atoms with van der Waals surface area (Å²) in [5.41, 5.74) is 0.175. The van der Waals surface area contributed by atoms with Crippen LogP contribution in [0.4, 0.5) is 0 Å². The molecule has 0 spiro atoms. The maximum atomic E-state index is 11.0. The van der Waals surface area contributed by atoms with E-state index in [1.165, 1.54) is 12.1 Å². The molecule has 0 unspecified atom stereocenters. The first kappa shape index (κ1) is 15.2. The van der Waals surface area contributed by atoms with E-state index < -0.39 is 11.6 Å². The van der Waals surface area contributed by atoms with E-state index in [4.69, 9.17) is 14.4 Å². The SMILES string of the molecule is CCC(CC)(OC)c1noc(-c2cccc(C(=O)O)c2)n1. The number of aromatic carboxylic acids is 1. The molecule has 0 radical (unpaired) electrons. The van der Waals surface area contributed by atoms with E-state index in [0.717, 1.165) is 0 Å². The minimum Gasteiger partial charge on any atom is -0.478 e. The fourth-order valence-electron chi connectivity index (χ4n) is 2.26. The third-order valence-corrected chi connectivity index (χ3v) is 3.72. The van der Waals surface area contributed by atoms with Gasteiger partial charge in [-0.25, -0.2) is 4.79 Å². The van der Waals surface area contributed by atoms with Crippen LogP contribution in [0.3, 0.4) is 0 Å². The van der Waals surface area contributed by atoms with Crippen molar-refractivity contribution in [1.82, 2.24) is 10.1 Å². The zero-order chi connectivity index (χ0) is 15.5. The van der Waals surface area contributed by atoms with Gasteiger partial charge in [-0.05, 0) is 31.0 Å². The Morgan fingerprint density at radius 2 is 2.10 bits per heavy atom. The van der Waals surface area contributed by atoms with E-state index in [1.807, 2.05) is 13.8 Å². The van der Waals surface area contributed by atoms with Crippen LogP contribution >= 0.6 is 0 Å².